The molecule has 0 radical (unpaired) electrons. The van der Waals surface area contributed by atoms with Crippen molar-refractivity contribution < 1.29 is 4.74 Å². The minimum absolute atomic E-state index is 0.359. The fourth-order valence-corrected chi connectivity index (χ4v) is 1.59. The van der Waals surface area contributed by atoms with Crippen LogP contribution in [0.25, 0.3) is 0 Å². The van der Waals surface area contributed by atoms with E-state index in [1.54, 1.807) is 19.5 Å². The average Bonchev–Trinajstić information content (AvgIpc) is 2.26. The Morgan fingerprint density at radius 1 is 1.57 bits per heavy atom. The minimum atomic E-state index is 0.359. The lowest BCUT2D eigenvalue weighted by Gasteiger charge is -2.17. The number of pyridine rings is 1. The first-order valence-corrected chi connectivity index (χ1v) is 4.98. The lowest BCUT2D eigenvalue weighted by Crippen LogP contribution is -2.16. The second-order valence-corrected chi connectivity index (χ2v) is 3.25. The first-order valence-electron chi connectivity index (χ1n) is 4.98. The topological polar surface area (TPSA) is 34.2 Å². The van der Waals surface area contributed by atoms with Gasteiger partial charge in [-0.25, -0.2) is 0 Å². The maximum absolute atomic E-state index is 5.27. The van der Waals surface area contributed by atoms with Gasteiger partial charge in [0, 0.05) is 17.8 Å². The molecular formula is C11H18N2O. The van der Waals surface area contributed by atoms with Gasteiger partial charge in [-0.2, -0.15) is 0 Å². The summed E-state index contributed by atoms with van der Waals surface area (Å²) >= 11 is 0. The number of rotatable bonds is 5. The summed E-state index contributed by atoms with van der Waals surface area (Å²) in [6.45, 7) is 2.18. The Balaban J connectivity index is 2.90. The molecule has 0 aliphatic rings. The van der Waals surface area contributed by atoms with E-state index >= 15 is 0 Å². The molecule has 14 heavy (non-hydrogen) atoms. The van der Waals surface area contributed by atoms with Crippen LogP contribution in [0.2, 0.25) is 0 Å². The zero-order valence-corrected chi connectivity index (χ0v) is 9.08. The van der Waals surface area contributed by atoms with Crippen molar-refractivity contribution in [1.29, 1.82) is 0 Å². The molecule has 3 nitrogen and oxygen atoms in total. The summed E-state index contributed by atoms with van der Waals surface area (Å²) in [5.74, 6) is 0.861. The van der Waals surface area contributed by atoms with Crippen molar-refractivity contribution in [3.8, 4) is 5.75 Å². The second-order valence-electron chi connectivity index (χ2n) is 3.25. The van der Waals surface area contributed by atoms with Crippen LogP contribution in [0, 0.1) is 0 Å². The van der Waals surface area contributed by atoms with Crippen LogP contribution in [-0.2, 0) is 0 Å². The third kappa shape index (κ3) is 2.45. The highest BCUT2D eigenvalue weighted by Crippen LogP contribution is 2.26. The monoisotopic (exact) mass is 194 g/mol. The lowest BCUT2D eigenvalue weighted by atomic mass is 10.0. The molecule has 1 aromatic heterocycles. The van der Waals surface area contributed by atoms with Gasteiger partial charge in [0.2, 0.25) is 0 Å². The summed E-state index contributed by atoms with van der Waals surface area (Å²) in [7, 11) is 3.65. The summed E-state index contributed by atoms with van der Waals surface area (Å²) < 4.78 is 5.27. The highest BCUT2D eigenvalue weighted by Gasteiger charge is 2.12. The van der Waals surface area contributed by atoms with Gasteiger partial charge in [0.25, 0.3) is 0 Å². The van der Waals surface area contributed by atoms with Gasteiger partial charge < -0.3 is 10.1 Å². The standard InChI is InChI=1S/C11H18N2O/c1-4-5-10(12-2)9-6-7-13-8-11(9)14-3/h6-8,10,12H,4-5H2,1-3H3. The molecule has 1 unspecified atom stereocenters. The number of nitrogens with one attached hydrogen (secondary N) is 1. The van der Waals surface area contributed by atoms with Crippen LogP contribution in [0.4, 0.5) is 0 Å². The first kappa shape index (κ1) is 11.0. The number of nitrogens with zero attached hydrogens (tertiary/aromatic N) is 1. The molecular weight excluding hydrogens is 176 g/mol. The van der Waals surface area contributed by atoms with E-state index in [1.807, 2.05) is 13.1 Å². The Morgan fingerprint density at radius 3 is 2.93 bits per heavy atom. The molecule has 1 N–H and O–H groups in total. The molecule has 0 spiro atoms. The van der Waals surface area contributed by atoms with E-state index < -0.39 is 0 Å². The molecule has 0 saturated heterocycles. The van der Waals surface area contributed by atoms with Gasteiger partial charge in [-0.15, -0.1) is 0 Å². The number of methoxy groups -OCH3 is 1. The smallest absolute Gasteiger partial charge is 0.141 e. The van der Waals surface area contributed by atoms with Crippen molar-refractivity contribution in [3.63, 3.8) is 0 Å². The molecule has 0 aromatic carbocycles. The first-order chi connectivity index (χ1) is 6.83. The summed E-state index contributed by atoms with van der Waals surface area (Å²) in [5, 5.41) is 3.29. The van der Waals surface area contributed by atoms with E-state index in [-0.39, 0.29) is 0 Å². The predicted octanol–water partition coefficient (Wildman–Crippen LogP) is 2.15. The van der Waals surface area contributed by atoms with Crippen LogP contribution < -0.4 is 10.1 Å². The minimum Gasteiger partial charge on any atom is -0.495 e. The Hall–Kier alpha value is -1.09. The Morgan fingerprint density at radius 2 is 2.36 bits per heavy atom. The van der Waals surface area contributed by atoms with Crippen molar-refractivity contribution in [2.24, 2.45) is 0 Å². The molecule has 0 fully saturated rings. The van der Waals surface area contributed by atoms with Crippen LogP contribution in [0.15, 0.2) is 18.5 Å². The molecule has 0 aliphatic heterocycles. The summed E-state index contributed by atoms with van der Waals surface area (Å²) in [4.78, 5) is 4.04. The second kappa shape index (κ2) is 5.60. The zero-order valence-electron chi connectivity index (χ0n) is 9.08. The lowest BCUT2D eigenvalue weighted by molar-refractivity contribution is 0.396. The van der Waals surface area contributed by atoms with Crippen molar-refractivity contribution in [3.05, 3.63) is 24.0 Å². The third-order valence-electron chi connectivity index (χ3n) is 2.34. The maximum atomic E-state index is 5.27. The van der Waals surface area contributed by atoms with E-state index in [9.17, 15) is 0 Å². The van der Waals surface area contributed by atoms with Crippen molar-refractivity contribution >= 4 is 0 Å². The molecule has 0 bridgehead atoms. The number of aromatic nitrogens is 1. The fourth-order valence-electron chi connectivity index (χ4n) is 1.59. The van der Waals surface area contributed by atoms with Gasteiger partial charge in [0.05, 0.1) is 13.3 Å². The van der Waals surface area contributed by atoms with Crippen LogP contribution in [0.5, 0.6) is 5.75 Å². The Kier molecular flexibility index (Phi) is 4.40. The van der Waals surface area contributed by atoms with Crippen LogP contribution >= 0.6 is 0 Å². The van der Waals surface area contributed by atoms with Crippen molar-refractivity contribution in [2.75, 3.05) is 14.2 Å². The Labute approximate surface area is 85.5 Å². The number of hydrogen-bond donors (Lipinski definition) is 1. The summed E-state index contributed by atoms with van der Waals surface area (Å²) in [5.41, 5.74) is 1.19. The normalized spacial score (nSPS) is 12.5. The quantitative estimate of drug-likeness (QED) is 0.780. The fraction of sp³-hybridized carbons (Fsp3) is 0.545. The molecule has 1 aromatic rings. The van der Waals surface area contributed by atoms with E-state index in [4.69, 9.17) is 4.74 Å². The van der Waals surface area contributed by atoms with E-state index in [2.05, 4.69) is 17.2 Å². The van der Waals surface area contributed by atoms with Crippen LogP contribution in [0.1, 0.15) is 31.4 Å². The molecule has 1 heterocycles. The molecule has 0 aliphatic carbocycles. The molecule has 0 saturated carbocycles. The van der Waals surface area contributed by atoms with Gasteiger partial charge in [-0.05, 0) is 19.5 Å². The zero-order chi connectivity index (χ0) is 10.4. The van der Waals surface area contributed by atoms with Gasteiger partial charge >= 0.3 is 0 Å². The summed E-state index contributed by atoms with van der Waals surface area (Å²) in [6.07, 6.45) is 5.82. The van der Waals surface area contributed by atoms with E-state index in [0.29, 0.717) is 6.04 Å². The highest BCUT2D eigenvalue weighted by atomic mass is 16.5. The van der Waals surface area contributed by atoms with Gasteiger partial charge in [-0.1, -0.05) is 13.3 Å². The average molecular weight is 194 g/mol. The van der Waals surface area contributed by atoms with Crippen molar-refractivity contribution in [1.82, 2.24) is 10.3 Å². The van der Waals surface area contributed by atoms with Crippen LogP contribution in [0.3, 0.4) is 0 Å². The highest BCUT2D eigenvalue weighted by molar-refractivity contribution is 5.32. The SMILES string of the molecule is CCCC(NC)c1ccncc1OC. The van der Waals surface area contributed by atoms with Gasteiger partial charge in [0.1, 0.15) is 5.75 Å². The molecule has 1 rings (SSSR count). The van der Waals surface area contributed by atoms with Gasteiger partial charge in [0.15, 0.2) is 0 Å². The molecule has 1 atom stereocenters. The number of hydrogen-bond acceptors (Lipinski definition) is 3. The molecule has 3 heteroatoms. The largest absolute Gasteiger partial charge is 0.495 e. The molecule has 78 valence electrons. The van der Waals surface area contributed by atoms with Crippen molar-refractivity contribution in [2.45, 2.75) is 25.8 Å². The maximum Gasteiger partial charge on any atom is 0.141 e. The molecule has 0 amide bonds. The van der Waals surface area contributed by atoms with E-state index in [0.717, 1.165) is 18.6 Å². The predicted molar refractivity (Wildman–Crippen MR) is 57.5 cm³/mol. The van der Waals surface area contributed by atoms with Crippen LogP contribution in [-0.4, -0.2) is 19.1 Å². The van der Waals surface area contributed by atoms with Gasteiger partial charge in [-0.3, -0.25) is 4.98 Å². The Bertz CT molecular complexity index is 276. The number of ether oxygens (including phenoxy) is 1. The van der Waals surface area contributed by atoms with E-state index in [1.165, 1.54) is 5.56 Å². The third-order valence-corrected chi connectivity index (χ3v) is 2.34. The summed E-state index contributed by atoms with van der Waals surface area (Å²) in [6, 6.07) is 2.37.